The molecule has 0 aliphatic carbocycles. The van der Waals surface area contributed by atoms with E-state index in [-0.39, 0.29) is 5.91 Å². The highest BCUT2D eigenvalue weighted by Gasteiger charge is 2.48. The molecular weight excluding hydrogens is 332 g/mol. The first kappa shape index (κ1) is 17.7. The number of guanidine groups is 1. The number of allylic oxidation sites excluding steroid dienone is 1. The molecule has 2 atom stereocenters. The van der Waals surface area contributed by atoms with Gasteiger partial charge < -0.3 is 9.80 Å². The molecular formula is C18H22N6O2. The summed E-state index contributed by atoms with van der Waals surface area (Å²) in [4.78, 5) is 31.7. The number of hydrogen-bond acceptors (Lipinski definition) is 6. The van der Waals surface area contributed by atoms with Crippen LogP contribution in [0.25, 0.3) is 6.08 Å². The Labute approximate surface area is 152 Å². The predicted octanol–water partition coefficient (Wildman–Crippen LogP) is 1.23. The van der Waals surface area contributed by atoms with Crippen molar-refractivity contribution in [2.75, 3.05) is 13.6 Å². The lowest BCUT2D eigenvalue weighted by Gasteiger charge is -2.35. The number of nitrogens with zero attached hydrogens (tertiary/aromatic N) is 4. The monoisotopic (exact) mass is 354 g/mol. The van der Waals surface area contributed by atoms with Crippen LogP contribution in [0.2, 0.25) is 0 Å². The van der Waals surface area contributed by atoms with Gasteiger partial charge >= 0.3 is 6.03 Å². The van der Waals surface area contributed by atoms with Crippen LogP contribution in [0.15, 0.2) is 46.5 Å². The van der Waals surface area contributed by atoms with Crippen LogP contribution in [0, 0.1) is 0 Å². The maximum Gasteiger partial charge on any atom is 0.325 e. The van der Waals surface area contributed by atoms with Crippen LogP contribution in [0.1, 0.15) is 19.4 Å². The van der Waals surface area contributed by atoms with Gasteiger partial charge in [-0.15, -0.1) is 0 Å². The van der Waals surface area contributed by atoms with E-state index in [4.69, 9.17) is 0 Å². The molecule has 2 heterocycles. The van der Waals surface area contributed by atoms with Crippen LogP contribution in [0.5, 0.6) is 0 Å². The van der Waals surface area contributed by atoms with Crippen molar-refractivity contribution in [3.05, 3.63) is 42.0 Å². The van der Waals surface area contributed by atoms with Crippen molar-refractivity contribution in [1.29, 1.82) is 0 Å². The lowest BCUT2D eigenvalue weighted by Crippen LogP contribution is -2.64. The first-order valence-electron chi connectivity index (χ1n) is 8.46. The van der Waals surface area contributed by atoms with E-state index in [2.05, 4.69) is 20.8 Å². The average Bonchev–Trinajstić information content (AvgIpc) is 3.03. The smallest absolute Gasteiger partial charge is 0.325 e. The molecule has 1 fully saturated rings. The van der Waals surface area contributed by atoms with E-state index in [0.717, 1.165) is 11.3 Å². The second kappa shape index (κ2) is 7.38. The first-order chi connectivity index (χ1) is 12.5. The van der Waals surface area contributed by atoms with Crippen LogP contribution >= 0.6 is 0 Å². The molecule has 26 heavy (non-hydrogen) atoms. The minimum absolute atomic E-state index is 0.342. The van der Waals surface area contributed by atoms with Crippen molar-refractivity contribution in [1.82, 2.24) is 20.5 Å². The zero-order chi connectivity index (χ0) is 18.7. The number of fused-ring (bicyclic) bond motifs is 1. The van der Waals surface area contributed by atoms with Crippen molar-refractivity contribution in [2.45, 2.75) is 26.1 Å². The van der Waals surface area contributed by atoms with Gasteiger partial charge in [-0.3, -0.25) is 10.1 Å². The minimum atomic E-state index is -0.547. The highest BCUT2D eigenvalue weighted by atomic mass is 16.2. The Bertz CT molecular complexity index is 786. The summed E-state index contributed by atoms with van der Waals surface area (Å²) in [6.45, 7) is 4.36. The van der Waals surface area contributed by atoms with Gasteiger partial charge in [0, 0.05) is 13.6 Å². The Hall–Kier alpha value is -3.16. The van der Waals surface area contributed by atoms with Crippen LogP contribution in [-0.4, -0.2) is 59.2 Å². The van der Waals surface area contributed by atoms with E-state index >= 15 is 0 Å². The Morgan fingerprint density at radius 2 is 2.08 bits per heavy atom. The molecule has 1 saturated heterocycles. The topological polar surface area (TPSA) is 89.4 Å². The number of nitrogens with one attached hydrogen (secondary N) is 2. The third-order valence-corrected chi connectivity index (χ3v) is 4.35. The molecule has 8 nitrogen and oxygen atoms in total. The molecule has 1 aromatic carbocycles. The van der Waals surface area contributed by atoms with Gasteiger partial charge in [0.15, 0.2) is 12.2 Å². The Morgan fingerprint density at radius 1 is 1.35 bits per heavy atom. The maximum absolute atomic E-state index is 12.2. The molecule has 2 aliphatic heterocycles. The van der Waals surface area contributed by atoms with Gasteiger partial charge in [0.25, 0.3) is 5.91 Å². The number of carbonyl (C=O) groups excluding carboxylic acids is 2. The summed E-state index contributed by atoms with van der Waals surface area (Å²) in [7, 11) is 1.62. The fourth-order valence-corrected chi connectivity index (χ4v) is 2.92. The maximum atomic E-state index is 12.2. The number of hydrazone groups is 1. The molecule has 0 saturated carbocycles. The molecule has 0 spiro atoms. The minimum Gasteiger partial charge on any atom is -0.326 e. The van der Waals surface area contributed by atoms with E-state index in [1.807, 2.05) is 56.3 Å². The third kappa shape index (κ3) is 3.44. The number of rotatable bonds is 4. The summed E-state index contributed by atoms with van der Waals surface area (Å²) in [5.74, 6) is 0.136. The highest BCUT2D eigenvalue weighted by Crippen LogP contribution is 2.22. The fourth-order valence-electron chi connectivity index (χ4n) is 2.92. The first-order valence-corrected chi connectivity index (χ1v) is 8.46. The Morgan fingerprint density at radius 3 is 2.77 bits per heavy atom. The molecule has 0 aromatic heterocycles. The fraction of sp³-hybridized carbons (Fsp3) is 0.333. The van der Waals surface area contributed by atoms with Crippen molar-refractivity contribution < 1.29 is 9.59 Å². The average molecular weight is 354 g/mol. The van der Waals surface area contributed by atoms with E-state index in [1.54, 1.807) is 11.9 Å². The van der Waals surface area contributed by atoms with Gasteiger partial charge in [-0.25, -0.2) is 15.2 Å². The quantitative estimate of drug-likeness (QED) is 0.629. The molecule has 2 N–H and O–H groups in total. The van der Waals surface area contributed by atoms with E-state index < -0.39 is 18.2 Å². The van der Waals surface area contributed by atoms with Crippen LogP contribution in [-0.2, 0) is 4.79 Å². The van der Waals surface area contributed by atoms with Crippen LogP contribution in [0.4, 0.5) is 4.79 Å². The summed E-state index contributed by atoms with van der Waals surface area (Å²) in [6.07, 6.45) is 3.31. The van der Waals surface area contributed by atoms with Gasteiger partial charge in [0.2, 0.25) is 5.96 Å². The number of likely N-dealkylation sites (N-methyl/N-ethyl adjacent to an activating group) is 2. The van der Waals surface area contributed by atoms with Crippen molar-refractivity contribution in [3.63, 3.8) is 0 Å². The molecule has 0 bridgehead atoms. The van der Waals surface area contributed by atoms with E-state index in [1.165, 1.54) is 4.90 Å². The molecule has 1 aromatic rings. The highest BCUT2D eigenvalue weighted by molar-refractivity contribution is 6.04. The number of amides is 3. The lowest BCUT2D eigenvalue weighted by molar-refractivity contribution is -0.127. The molecule has 136 valence electrons. The Kier molecular flexibility index (Phi) is 5.01. The zero-order valence-electron chi connectivity index (χ0n) is 15.0. The summed E-state index contributed by atoms with van der Waals surface area (Å²) in [5.41, 5.74) is 4.77. The molecule has 3 rings (SSSR count). The number of hydrogen-bond donors (Lipinski definition) is 2. The number of benzene rings is 1. The Balaban J connectivity index is 1.73. The number of carbonyl (C=O) groups is 2. The largest absolute Gasteiger partial charge is 0.326 e. The van der Waals surface area contributed by atoms with Gasteiger partial charge in [0.1, 0.15) is 0 Å². The lowest BCUT2D eigenvalue weighted by atomic mass is 10.1. The molecule has 2 unspecified atom stereocenters. The van der Waals surface area contributed by atoms with Gasteiger partial charge in [-0.2, -0.15) is 5.10 Å². The van der Waals surface area contributed by atoms with Crippen molar-refractivity contribution in [3.8, 4) is 0 Å². The molecule has 8 heteroatoms. The normalized spacial score (nSPS) is 23.2. The summed E-state index contributed by atoms with van der Waals surface area (Å²) < 4.78 is 0. The number of urea groups is 1. The predicted molar refractivity (Wildman–Crippen MR) is 100 cm³/mol. The van der Waals surface area contributed by atoms with E-state index in [9.17, 15) is 9.59 Å². The van der Waals surface area contributed by atoms with Gasteiger partial charge in [-0.05, 0) is 25.5 Å². The SMILES string of the molecule is CCN1C(N/N=C(C)/C=C/c2ccccc2)=NC2C1C(=O)NC(=O)N2C. The molecule has 2 aliphatic rings. The van der Waals surface area contributed by atoms with Crippen LogP contribution in [0.3, 0.4) is 0 Å². The van der Waals surface area contributed by atoms with E-state index in [0.29, 0.717) is 12.5 Å². The van der Waals surface area contributed by atoms with Gasteiger partial charge in [0.05, 0.1) is 5.71 Å². The summed E-state index contributed by atoms with van der Waals surface area (Å²) in [5, 5.41) is 6.67. The standard InChI is InChI=1S/C18H22N6O2/c1-4-24-14-15(23(3)18(26)20-16(14)25)19-17(24)22-21-12(2)10-11-13-8-6-5-7-9-13/h5-11,14-15H,4H2,1-3H3,(H,19,22)(H,20,25,26)/b11-10+,21-12+. The zero-order valence-corrected chi connectivity index (χ0v) is 15.0. The second-order valence-corrected chi connectivity index (χ2v) is 6.11. The summed E-state index contributed by atoms with van der Waals surface area (Å²) in [6, 6.07) is 8.95. The molecule has 3 amide bonds. The second-order valence-electron chi connectivity index (χ2n) is 6.11. The third-order valence-electron chi connectivity index (χ3n) is 4.35. The van der Waals surface area contributed by atoms with Crippen LogP contribution < -0.4 is 10.7 Å². The van der Waals surface area contributed by atoms with Crippen molar-refractivity contribution >= 4 is 29.7 Å². The molecule has 0 radical (unpaired) electrons. The summed E-state index contributed by atoms with van der Waals surface area (Å²) >= 11 is 0. The number of imide groups is 1. The van der Waals surface area contributed by atoms with Crippen molar-refractivity contribution in [2.24, 2.45) is 10.1 Å². The van der Waals surface area contributed by atoms with Gasteiger partial charge in [-0.1, -0.05) is 36.4 Å². The number of aliphatic imine (C=N–C) groups is 1.